The van der Waals surface area contributed by atoms with Gasteiger partial charge in [-0.1, -0.05) is 27.0 Å². The summed E-state index contributed by atoms with van der Waals surface area (Å²) in [4.78, 5) is 13.8. The van der Waals surface area contributed by atoms with Crippen LogP contribution in [0.25, 0.3) is 11.3 Å². The van der Waals surface area contributed by atoms with Crippen molar-refractivity contribution in [1.82, 2.24) is 4.98 Å². The van der Waals surface area contributed by atoms with Crippen LogP contribution < -0.4 is 5.56 Å². The van der Waals surface area contributed by atoms with E-state index in [4.69, 9.17) is 4.74 Å². The normalized spacial score (nSPS) is 8.75. The van der Waals surface area contributed by atoms with E-state index in [0.29, 0.717) is 11.5 Å². The molecule has 0 unspecified atom stereocenters. The zero-order valence-electron chi connectivity index (χ0n) is 10.4. The molecule has 0 radical (unpaired) electrons. The molecular weight excluding hydrogens is 202 g/mol. The fraction of sp³-hybridized carbons (Fsp3) is 0.308. The molecule has 0 spiro atoms. The van der Waals surface area contributed by atoms with E-state index in [1.165, 1.54) is 13.2 Å². The van der Waals surface area contributed by atoms with Crippen molar-refractivity contribution < 1.29 is 4.74 Å². The van der Waals surface area contributed by atoms with Crippen molar-refractivity contribution in [2.24, 2.45) is 0 Å². The summed E-state index contributed by atoms with van der Waals surface area (Å²) in [5.41, 5.74) is 2.11. The number of allylic oxidation sites excluding steroid dienone is 1. The first-order valence-electron chi connectivity index (χ1n) is 5.18. The molecule has 1 aromatic rings. The summed E-state index contributed by atoms with van der Waals surface area (Å²) >= 11 is 0. The monoisotopic (exact) mass is 221 g/mol. The molecule has 0 saturated heterocycles. The lowest BCUT2D eigenvalue weighted by Crippen LogP contribution is -2.09. The zero-order chi connectivity index (χ0) is 12.7. The van der Waals surface area contributed by atoms with Gasteiger partial charge in [0.15, 0.2) is 0 Å². The highest BCUT2D eigenvalue weighted by atomic mass is 16.5. The molecule has 1 aromatic heterocycles. The average molecular weight is 221 g/mol. The van der Waals surface area contributed by atoms with Gasteiger partial charge < -0.3 is 9.72 Å². The van der Waals surface area contributed by atoms with E-state index in [9.17, 15) is 4.79 Å². The average Bonchev–Trinajstić information content (AvgIpc) is 2.30. The van der Waals surface area contributed by atoms with Gasteiger partial charge in [-0.3, -0.25) is 4.79 Å². The first kappa shape index (κ1) is 14.2. The molecule has 1 N–H and O–H groups in total. The topological polar surface area (TPSA) is 42.1 Å². The number of hydrogen-bond acceptors (Lipinski definition) is 2. The zero-order valence-corrected chi connectivity index (χ0v) is 10.4. The van der Waals surface area contributed by atoms with Gasteiger partial charge in [0.25, 0.3) is 0 Å². The van der Waals surface area contributed by atoms with Crippen LogP contribution in [-0.4, -0.2) is 12.1 Å². The van der Waals surface area contributed by atoms with E-state index in [1.807, 2.05) is 20.8 Å². The van der Waals surface area contributed by atoms with Gasteiger partial charge in [-0.25, -0.2) is 0 Å². The lowest BCUT2D eigenvalue weighted by molar-refractivity contribution is 0.369. The quantitative estimate of drug-likeness (QED) is 0.797. The van der Waals surface area contributed by atoms with Crippen LogP contribution in [0.1, 0.15) is 32.0 Å². The van der Waals surface area contributed by atoms with Gasteiger partial charge in [-0.15, -0.1) is 0 Å². The number of hydrogen-bond donors (Lipinski definition) is 1. The number of aromatic amines is 1. The van der Waals surface area contributed by atoms with Crippen molar-refractivity contribution in [3.05, 3.63) is 46.9 Å². The third-order valence-electron chi connectivity index (χ3n) is 1.90. The number of H-pyrrole nitrogens is 1. The van der Waals surface area contributed by atoms with Crippen LogP contribution in [-0.2, 0) is 4.74 Å². The number of methoxy groups -OCH3 is 1. The third-order valence-corrected chi connectivity index (χ3v) is 1.90. The fourth-order valence-corrected chi connectivity index (χ4v) is 1.15. The minimum atomic E-state index is -0.178. The van der Waals surface area contributed by atoms with E-state index in [2.05, 4.69) is 18.1 Å². The molecule has 0 aliphatic heterocycles. The summed E-state index contributed by atoms with van der Waals surface area (Å²) < 4.78 is 4.98. The number of nitrogens with one attached hydrogen (secondary N) is 1. The smallest absolute Gasteiger partial charge is 0.248 e. The molecule has 1 heterocycles. The minimum Gasteiger partial charge on any atom is -0.495 e. The first-order valence-corrected chi connectivity index (χ1v) is 5.18. The lowest BCUT2D eigenvalue weighted by Gasteiger charge is -2.09. The Morgan fingerprint density at radius 3 is 2.31 bits per heavy atom. The molecule has 1 rings (SSSR count). The van der Waals surface area contributed by atoms with Crippen LogP contribution in [0, 0.1) is 0 Å². The van der Waals surface area contributed by atoms with Crippen LogP contribution in [0.5, 0.6) is 0 Å². The second-order valence-corrected chi connectivity index (χ2v) is 3.02. The number of ether oxygens (including phenoxy) is 1. The highest BCUT2D eigenvalue weighted by Gasteiger charge is 2.07. The Balaban J connectivity index is 0.00000106. The maximum Gasteiger partial charge on any atom is 0.248 e. The summed E-state index contributed by atoms with van der Waals surface area (Å²) in [7, 11) is 1.51. The van der Waals surface area contributed by atoms with E-state index in [0.717, 1.165) is 11.1 Å². The molecule has 0 fully saturated rings. The van der Waals surface area contributed by atoms with Crippen molar-refractivity contribution in [2.45, 2.75) is 20.8 Å². The van der Waals surface area contributed by atoms with Crippen molar-refractivity contribution in [3.63, 3.8) is 0 Å². The maximum atomic E-state index is 11.1. The van der Waals surface area contributed by atoms with Crippen LogP contribution >= 0.6 is 0 Å². The van der Waals surface area contributed by atoms with Gasteiger partial charge >= 0.3 is 0 Å². The number of rotatable bonds is 3. The minimum absolute atomic E-state index is 0.178. The predicted octanol–water partition coefficient (Wildman–Crippen LogP) is 3.05. The van der Waals surface area contributed by atoms with Crippen molar-refractivity contribution in [1.29, 1.82) is 0 Å². The third kappa shape index (κ3) is 3.42. The molecule has 3 heteroatoms. The molecule has 0 aliphatic carbocycles. The molecule has 0 aliphatic rings. The Labute approximate surface area is 96.5 Å². The Kier molecular flexibility index (Phi) is 5.93. The highest BCUT2D eigenvalue weighted by molar-refractivity contribution is 5.72. The number of aromatic nitrogens is 1. The molecule has 0 bridgehead atoms. The van der Waals surface area contributed by atoms with Gasteiger partial charge in [0.2, 0.25) is 5.56 Å². The first-order chi connectivity index (χ1) is 7.56. The molecule has 0 amide bonds. The largest absolute Gasteiger partial charge is 0.495 e. The van der Waals surface area contributed by atoms with Gasteiger partial charge in [0, 0.05) is 11.6 Å². The summed E-state index contributed by atoms with van der Waals surface area (Å²) in [6, 6.07) is 3.16. The predicted molar refractivity (Wildman–Crippen MR) is 69.2 cm³/mol. The van der Waals surface area contributed by atoms with E-state index < -0.39 is 0 Å². The molecule has 0 saturated carbocycles. The lowest BCUT2D eigenvalue weighted by atomic mass is 10.1. The molecule has 3 nitrogen and oxygen atoms in total. The second-order valence-electron chi connectivity index (χ2n) is 3.02. The molecular formula is C13H19NO2. The number of pyridine rings is 1. The Bertz CT molecular complexity index is 430. The van der Waals surface area contributed by atoms with Crippen molar-refractivity contribution >= 4 is 11.3 Å². The highest BCUT2D eigenvalue weighted by Crippen LogP contribution is 2.19. The second kappa shape index (κ2) is 6.67. The van der Waals surface area contributed by atoms with Gasteiger partial charge in [-0.05, 0) is 18.6 Å². The molecule has 0 atom stereocenters. The van der Waals surface area contributed by atoms with E-state index >= 15 is 0 Å². The van der Waals surface area contributed by atoms with Crippen LogP contribution in [0.2, 0.25) is 0 Å². The van der Waals surface area contributed by atoms with Crippen molar-refractivity contribution in [2.75, 3.05) is 7.11 Å². The van der Waals surface area contributed by atoms with Gasteiger partial charge in [0.1, 0.15) is 5.76 Å². The Morgan fingerprint density at radius 2 is 1.88 bits per heavy atom. The van der Waals surface area contributed by atoms with Crippen LogP contribution in [0.4, 0.5) is 0 Å². The van der Waals surface area contributed by atoms with Crippen molar-refractivity contribution in [3.8, 4) is 0 Å². The summed E-state index contributed by atoms with van der Waals surface area (Å²) in [6.45, 7) is 13.4. The molecule has 88 valence electrons. The molecule has 16 heavy (non-hydrogen) atoms. The van der Waals surface area contributed by atoms with Crippen LogP contribution in [0.15, 0.2) is 30.1 Å². The Hall–Kier alpha value is -1.77. The standard InChI is InChI=1S/C11H13NO2.C2H6/c1-7(2)9-5-6-10(13)12-11(9)8(3)14-4;1-2/h5-6H,1,3H2,2,4H3,(H,12,13);1-2H3. The van der Waals surface area contributed by atoms with Gasteiger partial charge in [-0.2, -0.15) is 0 Å². The molecule has 0 aromatic carbocycles. The van der Waals surface area contributed by atoms with E-state index in [1.54, 1.807) is 6.07 Å². The summed E-state index contributed by atoms with van der Waals surface area (Å²) in [5.74, 6) is 0.431. The maximum absolute atomic E-state index is 11.1. The van der Waals surface area contributed by atoms with E-state index in [-0.39, 0.29) is 5.56 Å². The fourth-order valence-electron chi connectivity index (χ4n) is 1.15. The SMILES string of the molecule is C=C(C)c1ccc(=O)[nH]c1C(=C)OC.CC. The Morgan fingerprint density at radius 1 is 1.31 bits per heavy atom. The van der Waals surface area contributed by atoms with Gasteiger partial charge in [0.05, 0.1) is 12.8 Å². The summed E-state index contributed by atoms with van der Waals surface area (Å²) in [5, 5.41) is 0. The summed E-state index contributed by atoms with van der Waals surface area (Å²) in [6.07, 6.45) is 0. The van der Waals surface area contributed by atoms with Crippen LogP contribution in [0.3, 0.4) is 0 Å².